The van der Waals surface area contributed by atoms with Crippen molar-refractivity contribution in [2.45, 2.75) is 38.7 Å². The minimum Gasteiger partial charge on any atom is -0.429 e. The lowest BCUT2D eigenvalue weighted by atomic mass is 10.1. The first-order chi connectivity index (χ1) is 25.5. The van der Waals surface area contributed by atoms with Crippen molar-refractivity contribution in [1.82, 2.24) is 15.1 Å². The number of rotatable bonds is 19. The van der Waals surface area contributed by atoms with E-state index in [-0.39, 0.29) is 17.9 Å². The number of nitrogens with zero attached hydrogens (tertiary/aromatic N) is 2. The Morgan fingerprint density at radius 3 is 2.00 bits per heavy atom. The summed E-state index contributed by atoms with van der Waals surface area (Å²) in [6.45, 7) is 0.430. The van der Waals surface area contributed by atoms with Gasteiger partial charge in [-0.15, -0.1) is 8.42 Å². The number of carbonyl (C=O) groups excluding carboxylic acids is 3. The molecule has 13 nitrogen and oxygen atoms in total. The van der Waals surface area contributed by atoms with Crippen LogP contribution in [0.5, 0.6) is 23.0 Å². The molecule has 3 aromatic carbocycles. The third kappa shape index (κ3) is 12.9. The second kappa shape index (κ2) is 20.6. The first-order valence-electron chi connectivity index (χ1n) is 16.2. The molecule has 0 aliphatic heterocycles. The first-order valence-corrected chi connectivity index (χ1v) is 18.2. The highest BCUT2D eigenvalue weighted by molar-refractivity contribution is 7.82. The Labute approximate surface area is 314 Å². The Morgan fingerprint density at radius 2 is 1.35 bits per heavy atom. The number of thiol groups is 1. The second-order valence-corrected chi connectivity index (χ2v) is 13.3. The van der Waals surface area contributed by atoms with E-state index in [0.29, 0.717) is 31.7 Å². The topological polar surface area (TPSA) is 150 Å². The van der Waals surface area contributed by atoms with Crippen LogP contribution in [0, 0.1) is 29.1 Å². The molecule has 0 unspecified atom stereocenters. The zero-order valence-electron chi connectivity index (χ0n) is 29.3. The summed E-state index contributed by atoms with van der Waals surface area (Å²) < 4.78 is 119. The summed E-state index contributed by atoms with van der Waals surface area (Å²) in [7, 11) is 0.219. The van der Waals surface area contributed by atoms with Gasteiger partial charge in [-0.25, -0.2) is 22.8 Å². The molecule has 0 heterocycles. The highest BCUT2D eigenvalue weighted by Crippen LogP contribution is 2.31. The largest absolute Gasteiger partial charge is 0.514 e. The zero-order valence-corrected chi connectivity index (χ0v) is 31.0. The van der Waals surface area contributed by atoms with Crippen LogP contribution in [0.3, 0.4) is 0 Å². The van der Waals surface area contributed by atoms with Crippen LogP contribution in [0.15, 0.2) is 42.5 Å². The second-order valence-electron chi connectivity index (χ2n) is 11.7. The van der Waals surface area contributed by atoms with Gasteiger partial charge in [0.25, 0.3) is 5.91 Å². The molecular weight excluding hydrogens is 770 g/mol. The van der Waals surface area contributed by atoms with Crippen molar-refractivity contribution in [3.05, 3.63) is 82.7 Å². The van der Waals surface area contributed by atoms with Crippen LogP contribution in [0.25, 0.3) is 0 Å². The summed E-state index contributed by atoms with van der Waals surface area (Å²) >= 11 is 4.15. The van der Waals surface area contributed by atoms with Gasteiger partial charge >= 0.3 is 22.6 Å². The number of halogens is 5. The fraction of sp³-hybridized carbons (Fsp3) is 0.382. The molecule has 3 rings (SSSR count). The number of hydrogen-bond acceptors (Lipinski definition) is 12. The molecule has 0 saturated carbocycles. The van der Waals surface area contributed by atoms with E-state index in [2.05, 4.69) is 22.7 Å². The third-order valence-corrected chi connectivity index (χ3v) is 8.29. The predicted octanol–water partition coefficient (Wildman–Crippen LogP) is 6.40. The maximum atomic E-state index is 13.9. The van der Waals surface area contributed by atoms with Gasteiger partial charge in [0.15, 0.2) is 17.2 Å². The quantitative estimate of drug-likeness (QED) is 0.0264. The molecule has 0 fully saturated rings. The van der Waals surface area contributed by atoms with E-state index >= 15 is 0 Å². The molecule has 1 N–H and O–H groups in total. The van der Waals surface area contributed by atoms with E-state index in [4.69, 9.17) is 17.8 Å². The number of carbonyl (C=O) groups is 3. The first kappa shape index (κ1) is 43.6. The Bertz CT molecular complexity index is 1870. The van der Waals surface area contributed by atoms with E-state index in [1.54, 1.807) is 0 Å². The fourth-order valence-corrected chi connectivity index (χ4v) is 5.44. The zero-order chi connectivity index (χ0) is 40.0. The highest BCUT2D eigenvalue weighted by Gasteiger charge is 2.29. The summed E-state index contributed by atoms with van der Waals surface area (Å²) in [5.41, 5.74) is -0.424. The van der Waals surface area contributed by atoms with Gasteiger partial charge in [-0.3, -0.25) is 4.79 Å². The van der Waals surface area contributed by atoms with Crippen LogP contribution in [0.2, 0.25) is 0 Å². The van der Waals surface area contributed by atoms with Gasteiger partial charge in [-0.1, -0.05) is 31.0 Å². The molecule has 3 aromatic rings. The van der Waals surface area contributed by atoms with Gasteiger partial charge in [-0.2, -0.15) is 21.4 Å². The number of para-hydroxylation sites is 2. The predicted molar refractivity (Wildman–Crippen MR) is 187 cm³/mol. The van der Waals surface area contributed by atoms with Gasteiger partial charge < -0.3 is 37.7 Å². The summed E-state index contributed by atoms with van der Waals surface area (Å²) in [6.07, 6.45) is 0.990. The van der Waals surface area contributed by atoms with Crippen LogP contribution in [-0.2, 0) is 21.7 Å². The molecule has 20 heteroatoms. The Hall–Kier alpha value is -4.82. The SMILES string of the molecule is CN(C)CCCN(C)C(=O)Oc1ccccc1OS(=O)(=O)Oc1ccc(COC(=O)Oc2c(F)c(F)c(F)c(F)c2F)cc1C(=O)NCCCCCCS. The van der Waals surface area contributed by atoms with Crippen molar-refractivity contribution >= 4 is 41.2 Å². The van der Waals surface area contributed by atoms with Crippen molar-refractivity contribution in [1.29, 1.82) is 0 Å². The third-order valence-electron chi connectivity index (χ3n) is 7.21. The lowest BCUT2D eigenvalue weighted by Crippen LogP contribution is -2.32. The molecule has 0 aromatic heterocycles. The number of hydrogen-bond donors (Lipinski definition) is 2. The van der Waals surface area contributed by atoms with E-state index in [0.717, 1.165) is 37.5 Å². The van der Waals surface area contributed by atoms with Crippen LogP contribution in [-0.4, -0.2) is 82.9 Å². The summed E-state index contributed by atoms with van der Waals surface area (Å²) in [5, 5.41) is 2.61. The average Bonchev–Trinajstić information content (AvgIpc) is 3.12. The Morgan fingerprint density at radius 1 is 0.741 bits per heavy atom. The molecule has 0 saturated heterocycles. The van der Waals surface area contributed by atoms with E-state index in [1.165, 1.54) is 36.2 Å². The van der Waals surface area contributed by atoms with Crippen LogP contribution in [0.1, 0.15) is 48.0 Å². The van der Waals surface area contributed by atoms with Gasteiger partial charge in [0.2, 0.25) is 34.8 Å². The van der Waals surface area contributed by atoms with Crippen LogP contribution >= 0.6 is 12.6 Å². The van der Waals surface area contributed by atoms with Crippen molar-refractivity contribution in [3.63, 3.8) is 0 Å². The summed E-state index contributed by atoms with van der Waals surface area (Å²) in [6, 6.07) is 8.55. The normalized spacial score (nSPS) is 11.2. The highest BCUT2D eigenvalue weighted by atomic mass is 32.3. The standard InChI is InChI=1S/C34H38F5N3O10S2/c1-41(2)16-10-17-42(3)33(44)49-24-11-6-7-12-25(24)52-54(46,47)51-23-14-13-21(19-22(23)32(43)40-15-8-4-5-9-18-53)20-48-34(45)50-31-29(38)27(36)26(35)28(37)30(31)39/h6-7,11-14,19,53H,4-5,8-10,15-18,20H2,1-3H3,(H,40,43). The van der Waals surface area contributed by atoms with Crippen LogP contribution < -0.4 is 23.2 Å². The lowest BCUT2D eigenvalue weighted by Gasteiger charge is -2.19. The molecular formula is C34H38F5N3O10S2. The molecule has 0 radical (unpaired) electrons. The number of nitrogens with one attached hydrogen (secondary N) is 1. The molecule has 0 spiro atoms. The molecule has 0 aliphatic carbocycles. The maximum absolute atomic E-state index is 13.9. The van der Waals surface area contributed by atoms with Crippen LogP contribution in [0.4, 0.5) is 31.5 Å². The monoisotopic (exact) mass is 807 g/mol. The molecule has 54 heavy (non-hydrogen) atoms. The molecule has 0 bridgehead atoms. The van der Waals surface area contributed by atoms with E-state index in [9.17, 15) is 44.8 Å². The molecule has 2 amide bonds. The number of unbranched alkanes of at least 4 members (excludes halogenated alkanes) is 3. The number of benzene rings is 3. The molecule has 0 aliphatic rings. The molecule has 0 atom stereocenters. The summed E-state index contributed by atoms with van der Waals surface area (Å²) in [4.78, 5) is 41.2. The minimum atomic E-state index is -5.03. The van der Waals surface area contributed by atoms with Gasteiger partial charge in [0.1, 0.15) is 6.61 Å². The van der Waals surface area contributed by atoms with Crippen molar-refractivity contribution in [3.8, 4) is 23.0 Å². The van der Waals surface area contributed by atoms with Crippen molar-refractivity contribution < 1.29 is 67.3 Å². The Kier molecular flexibility index (Phi) is 16.6. The number of amides is 2. The van der Waals surface area contributed by atoms with Gasteiger partial charge in [0.05, 0.1) is 5.56 Å². The summed E-state index contributed by atoms with van der Waals surface area (Å²) in [5.74, 6) is -15.3. The minimum absolute atomic E-state index is 0.0269. The van der Waals surface area contributed by atoms with Gasteiger partial charge in [-0.05, 0) is 75.5 Å². The lowest BCUT2D eigenvalue weighted by molar-refractivity contribution is 0.0887. The smallest absolute Gasteiger partial charge is 0.429 e. The average molecular weight is 808 g/mol. The molecule has 296 valence electrons. The Balaban J connectivity index is 1.79. The van der Waals surface area contributed by atoms with E-state index < -0.39 is 87.1 Å². The van der Waals surface area contributed by atoms with Gasteiger partial charge in [0, 0.05) is 20.1 Å². The fourth-order valence-electron chi connectivity index (χ4n) is 4.46. The maximum Gasteiger partial charge on any atom is 0.514 e. The van der Waals surface area contributed by atoms with E-state index in [1.807, 2.05) is 19.0 Å². The number of ether oxygens (including phenoxy) is 3. The van der Waals surface area contributed by atoms with Crippen molar-refractivity contribution in [2.75, 3.05) is 46.5 Å². The van der Waals surface area contributed by atoms with Crippen molar-refractivity contribution in [2.24, 2.45) is 0 Å².